The lowest BCUT2D eigenvalue weighted by Gasteiger charge is -2.16. The highest BCUT2D eigenvalue weighted by Gasteiger charge is 2.06. The van der Waals surface area contributed by atoms with E-state index in [1.54, 1.807) is 11.9 Å². The Morgan fingerprint density at radius 3 is 2.35 bits per heavy atom. The van der Waals surface area contributed by atoms with Crippen LogP contribution >= 0.6 is 11.6 Å². The quantitative estimate of drug-likeness (QED) is 0.520. The number of carbonyl (C=O) groups is 1. The predicted octanol–water partition coefficient (Wildman–Crippen LogP) is 2.94. The van der Waals surface area contributed by atoms with Gasteiger partial charge >= 0.3 is 0 Å². The molecule has 0 aliphatic rings. The second kappa shape index (κ2) is 9.48. The average Bonchev–Trinajstić information content (AvgIpc) is 2.45. The van der Waals surface area contributed by atoms with Crippen molar-refractivity contribution in [3.63, 3.8) is 0 Å². The second-order valence-corrected chi connectivity index (χ2v) is 4.74. The summed E-state index contributed by atoms with van der Waals surface area (Å²) in [5, 5.41) is 0. The monoisotopic (exact) mass is 299 g/mol. The van der Waals surface area contributed by atoms with Gasteiger partial charge in [-0.05, 0) is 37.6 Å². The van der Waals surface area contributed by atoms with Crippen molar-refractivity contribution in [2.24, 2.45) is 0 Å². The molecule has 0 heterocycles. The third-order valence-electron chi connectivity index (χ3n) is 2.78. The third kappa shape index (κ3) is 6.15. The SMILES string of the molecule is CCOc1ccc(OCCCN(C)C(=O)CCCl)cc1. The Morgan fingerprint density at radius 1 is 1.20 bits per heavy atom. The summed E-state index contributed by atoms with van der Waals surface area (Å²) in [6.07, 6.45) is 1.18. The van der Waals surface area contributed by atoms with Crippen LogP contribution in [0.4, 0.5) is 0 Å². The Balaban J connectivity index is 2.22. The van der Waals surface area contributed by atoms with E-state index in [2.05, 4.69) is 0 Å². The van der Waals surface area contributed by atoms with Crippen LogP contribution < -0.4 is 9.47 Å². The first-order valence-corrected chi connectivity index (χ1v) is 7.36. The molecule has 1 aromatic rings. The highest BCUT2D eigenvalue weighted by molar-refractivity contribution is 6.18. The minimum atomic E-state index is 0.0704. The molecular formula is C15H22ClNO3. The first-order valence-electron chi connectivity index (χ1n) is 6.83. The minimum absolute atomic E-state index is 0.0704. The Labute approximate surface area is 125 Å². The van der Waals surface area contributed by atoms with E-state index in [0.717, 1.165) is 17.9 Å². The van der Waals surface area contributed by atoms with Gasteiger partial charge in [0, 0.05) is 25.9 Å². The maximum atomic E-state index is 11.5. The number of halogens is 1. The molecule has 0 N–H and O–H groups in total. The smallest absolute Gasteiger partial charge is 0.223 e. The number of alkyl halides is 1. The summed E-state index contributed by atoms with van der Waals surface area (Å²) in [6, 6.07) is 7.53. The zero-order chi connectivity index (χ0) is 14.8. The van der Waals surface area contributed by atoms with Gasteiger partial charge in [0.15, 0.2) is 0 Å². The summed E-state index contributed by atoms with van der Waals surface area (Å²) in [4.78, 5) is 13.2. The predicted molar refractivity (Wildman–Crippen MR) is 80.7 cm³/mol. The van der Waals surface area contributed by atoms with Crippen LogP contribution in [-0.2, 0) is 4.79 Å². The summed E-state index contributed by atoms with van der Waals surface area (Å²) in [7, 11) is 1.78. The van der Waals surface area contributed by atoms with E-state index in [4.69, 9.17) is 21.1 Å². The molecule has 0 bridgehead atoms. The highest BCUT2D eigenvalue weighted by Crippen LogP contribution is 2.17. The summed E-state index contributed by atoms with van der Waals surface area (Å²) in [6.45, 7) is 3.86. The number of amides is 1. The largest absolute Gasteiger partial charge is 0.494 e. The van der Waals surface area contributed by atoms with E-state index in [9.17, 15) is 4.79 Å². The topological polar surface area (TPSA) is 38.8 Å². The van der Waals surface area contributed by atoms with E-state index < -0.39 is 0 Å². The second-order valence-electron chi connectivity index (χ2n) is 4.36. The maximum absolute atomic E-state index is 11.5. The molecule has 0 fully saturated rings. The van der Waals surface area contributed by atoms with Crippen molar-refractivity contribution in [1.82, 2.24) is 4.90 Å². The van der Waals surface area contributed by atoms with Crippen LogP contribution in [-0.4, -0.2) is 43.5 Å². The van der Waals surface area contributed by atoms with Gasteiger partial charge in [0.05, 0.1) is 13.2 Å². The molecule has 20 heavy (non-hydrogen) atoms. The van der Waals surface area contributed by atoms with Crippen LogP contribution in [0.15, 0.2) is 24.3 Å². The minimum Gasteiger partial charge on any atom is -0.494 e. The Hall–Kier alpha value is -1.42. The highest BCUT2D eigenvalue weighted by atomic mass is 35.5. The molecule has 0 aliphatic carbocycles. The first kappa shape index (κ1) is 16.6. The lowest BCUT2D eigenvalue weighted by Crippen LogP contribution is -2.28. The van der Waals surface area contributed by atoms with Crippen LogP contribution in [0, 0.1) is 0 Å². The molecule has 0 aromatic heterocycles. The van der Waals surface area contributed by atoms with Crippen molar-refractivity contribution in [1.29, 1.82) is 0 Å². The number of benzene rings is 1. The molecule has 0 unspecified atom stereocenters. The van der Waals surface area contributed by atoms with E-state index in [1.165, 1.54) is 0 Å². The summed E-state index contributed by atoms with van der Waals surface area (Å²) in [5.41, 5.74) is 0. The number of hydrogen-bond acceptors (Lipinski definition) is 3. The van der Waals surface area contributed by atoms with Gasteiger partial charge in [-0.15, -0.1) is 11.6 Å². The molecule has 112 valence electrons. The van der Waals surface area contributed by atoms with E-state index in [1.807, 2.05) is 31.2 Å². The van der Waals surface area contributed by atoms with Gasteiger partial charge in [-0.1, -0.05) is 0 Å². The lowest BCUT2D eigenvalue weighted by atomic mass is 10.3. The van der Waals surface area contributed by atoms with E-state index in [-0.39, 0.29) is 5.91 Å². The average molecular weight is 300 g/mol. The number of rotatable bonds is 9. The van der Waals surface area contributed by atoms with E-state index >= 15 is 0 Å². The number of hydrogen-bond donors (Lipinski definition) is 0. The number of ether oxygens (including phenoxy) is 2. The molecule has 0 aliphatic heterocycles. The molecular weight excluding hydrogens is 278 g/mol. The fourth-order valence-corrected chi connectivity index (χ4v) is 1.85. The van der Waals surface area contributed by atoms with Gasteiger partial charge in [-0.2, -0.15) is 0 Å². The Kier molecular flexibility index (Phi) is 7.88. The fraction of sp³-hybridized carbons (Fsp3) is 0.533. The molecule has 4 nitrogen and oxygen atoms in total. The summed E-state index contributed by atoms with van der Waals surface area (Å²) in [5.74, 6) is 2.08. The van der Waals surface area contributed by atoms with Crippen LogP contribution in [0.1, 0.15) is 19.8 Å². The molecule has 0 atom stereocenters. The van der Waals surface area contributed by atoms with E-state index in [0.29, 0.717) is 32.1 Å². The first-order chi connectivity index (χ1) is 9.67. The van der Waals surface area contributed by atoms with Gasteiger partial charge in [-0.25, -0.2) is 0 Å². The van der Waals surface area contributed by atoms with Crippen LogP contribution in [0.25, 0.3) is 0 Å². The van der Waals surface area contributed by atoms with Crippen LogP contribution in [0.3, 0.4) is 0 Å². The van der Waals surface area contributed by atoms with Crippen molar-refractivity contribution < 1.29 is 14.3 Å². The fourth-order valence-electron chi connectivity index (χ4n) is 1.69. The van der Waals surface area contributed by atoms with Crippen molar-refractivity contribution in [3.05, 3.63) is 24.3 Å². The van der Waals surface area contributed by atoms with Crippen molar-refractivity contribution >= 4 is 17.5 Å². The molecule has 0 radical (unpaired) electrons. The number of carbonyl (C=O) groups excluding carboxylic acids is 1. The van der Waals surface area contributed by atoms with Gasteiger partial charge in [0.25, 0.3) is 0 Å². The number of nitrogens with zero attached hydrogens (tertiary/aromatic N) is 1. The molecule has 0 saturated carbocycles. The van der Waals surface area contributed by atoms with Gasteiger partial charge in [-0.3, -0.25) is 4.79 Å². The molecule has 0 spiro atoms. The van der Waals surface area contributed by atoms with Gasteiger partial charge < -0.3 is 14.4 Å². The molecule has 5 heteroatoms. The zero-order valence-corrected chi connectivity index (χ0v) is 12.9. The molecule has 1 amide bonds. The van der Waals surface area contributed by atoms with Gasteiger partial charge in [0.1, 0.15) is 11.5 Å². The zero-order valence-electron chi connectivity index (χ0n) is 12.1. The lowest BCUT2D eigenvalue weighted by molar-refractivity contribution is -0.129. The molecule has 0 saturated heterocycles. The Morgan fingerprint density at radius 2 is 1.80 bits per heavy atom. The van der Waals surface area contributed by atoms with Crippen LogP contribution in [0.5, 0.6) is 11.5 Å². The van der Waals surface area contributed by atoms with Gasteiger partial charge in [0.2, 0.25) is 5.91 Å². The summed E-state index contributed by atoms with van der Waals surface area (Å²) >= 11 is 5.53. The molecule has 1 aromatic carbocycles. The van der Waals surface area contributed by atoms with Crippen molar-refractivity contribution in [2.45, 2.75) is 19.8 Å². The Bertz CT molecular complexity index is 395. The molecule has 1 rings (SSSR count). The third-order valence-corrected chi connectivity index (χ3v) is 2.96. The summed E-state index contributed by atoms with van der Waals surface area (Å²) < 4.78 is 11.0. The van der Waals surface area contributed by atoms with Crippen molar-refractivity contribution in [3.8, 4) is 11.5 Å². The van der Waals surface area contributed by atoms with Crippen molar-refractivity contribution in [2.75, 3.05) is 32.7 Å². The normalized spacial score (nSPS) is 10.2. The van der Waals surface area contributed by atoms with Crippen LogP contribution in [0.2, 0.25) is 0 Å². The maximum Gasteiger partial charge on any atom is 0.223 e. The standard InChI is InChI=1S/C15H22ClNO3/c1-3-19-13-5-7-14(8-6-13)20-12-4-11-17(2)15(18)9-10-16/h5-8H,3-4,9-12H2,1-2H3.